The molecule has 2 rings (SSSR count). The molecule has 1 aromatic carbocycles. The molecule has 1 heterocycles. The molecule has 0 spiro atoms. The Morgan fingerprint density at radius 1 is 1.30 bits per heavy atom. The zero-order chi connectivity index (χ0) is 14.7. The van der Waals surface area contributed by atoms with E-state index in [0.29, 0.717) is 5.56 Å². The van der Waals surface area contributed by atoms with Crippen LogP contribution in [0.25, 0.3) is 0 Å². The molecule has 7 heteroatoms. The summed E-state index contributed by atoms with van der Waals surface area (Å²) in [6, 6.07) is 8.33. The van der Waals surface area contributed by atoms with Crippen molar-refractivity contribution < 1.29 is 14.7 Å². The van der Waals surface area contributed by atoms with E-state index in [-0.39, 0.29) is 17.4 Å². The van der Waals surface area contributed by atoms with Crippen molar-refractivity contribution >= 4 is 23.4 Å². The highest BCUT2D eigenvalue weighted by molar-refractivity contribution is 6.04. The van der Waals surface area contributed by atoms with E-state index in [1.807, 2.05) is 25.1 Å². The maximum absolute atomic E-state index is 12.0. The largest absolute Gasteiger partial charge is 0.477 e. The monoisotopic (exact) mass is 274 g/mol. The molecule has 0 atom stereocenters. The van der Waals surface area contributed by atoms with Crippen LogP contribution in [0, 0.1) is 0 Å². The summed E-state index contributed by atoms with van der Waals surface area (Å²) in [7, 11) is 3.76. The number of carboxylic acid groups (broad SMARTS) is 1. The first-order valence-electron chi connectivity index (χ1n) is 5.85. The molecule has 0 aliphatic heterocycles. The Morgan fingerprint density at radius 3 is 2.65 bits per heavy atom. The van der Waals surface area contributed by atoms with Crippen molar-refractivity contribution in [3.05, 3.63) is 41.6 Å². The van der Waals surface area contributed by atoms with Crippen LogP contribution in [0.2, 0.25) is 0 Å². The number of hydrogen-bond acceptors (Lipinski definition) is 4. The highest BCUT2D eigenvalue weighted by Crippen LogP contribution is 2.15. The van der Waals surface area contributed by atoms with Crippen LogP contribution in [0.1, 0.15) is 20.8 Å². The SMILES string of the molecule is CN(C)c1cccc(C(=O)Nc2cc(C(=O)O)[nH]n2)c1. The van der Waals surface area contributed by atoms with Crippen LogP contribution in [0.4, 0.5) is 11.5 Å². The molecule has 0 aliphatic rings. The van der Waals surface area contributed by atoms with Gasteiger partial charge in [-0.2, -0.15) is 5.10 Å². The lowest BCUT2D eigenvalue weighted by Gasteiger charge is -2.13. The van der Waals surface area contributed by atoms with Gasteiger partial charge in [-0.05, 0) is 18.2 Å². The number of aromatic amines is 1. The van der Waals surface area contributed by atoms with E-state index in [2.05, 4.69) is 15.5 Å². The molecule has 7 nitrogen and oxygen atoms in total. The second-order valence-electron chi connectivity index (χ2n) is 4.37. The smallest absolute Gasteiger partial charge is 0.353 e. The number of carbonyl (C=O) groups is 2. The molecule has 0 saturated heterocycles. The minimum absolute atomic E-state index is 0.0812. The van der Waals surface area contributed by atoms with E-state index < -0.39 is 5.97 Å². The second kappa shape index (κ2) is 5.43. The highest BCUT2D eigenvalue weighted by Gasteiger charge is 2.12. The Bertz CT molecular complexity index is 649. The van der Waals surface area contributed by atoms with E-state index in [9.17, 15) is 9.59 Å². The van der Waals surface area contributed by atoms with E-state index in [1.54, 1.807) is 18.2 Å². The minimum Gasteiger partial charge on any atom is -0.477 e. The van der Waals surface area contributed by atoms with Gasteiger partial charge in [-0.3, -0.25) is 9.89 Å². The van der Waals surface area contributed by atoms with Gasteiger partial charge in [0.05, 0.1) is 0 Å². The third-order valence-electron chi connectivity index (χ3n) is 2.67. The average molecular weight is 274 g/mol. The Kier molecular flexibility index (Phi) is 3.69. The number of H-pyrrole nitrogens is 1. The van der Waals surface area contributed by atoms with Crippen LogP contribution < -0.4 is 10.2 Å². The summed E-state index contributed by atoms with van der Waals surface area (Å²) < 4.78 is 0. The molecule has 0 unspecified atom stereocenters. The van der Waals surface area contributed by atoms with Crippen molar-refractivity contribution in [2.24, 2.45) is 0 Å². The maximum atomic E-state index is 12.0. The van der Waals surface area contributed by atoms with Gasteiger partial charge in [0.25, 0.3) is 5.91 Å². The lowest BCUT2D eigenvalue weighted by atomic mass is 10.2. The highest BCUT2D eigenvalue weighted by atomic mass is 16.4. The first kappa shape index (κ1) is 13.6. The van der Waals surface area contributed by atoms with Crippen LogP contribution in [0.3, 0.4) is 0 Å². The Labute approximate surface area is 115 Å². The number of nitrogens with one attached hydrogen (secondary N) is 2. The standard InChI is InChI=1S/C13H14N4O3/c1-17(2)9-5-3-4-8(6-9)12(18)14-11-7-10(13(19)20)15-16-11/h3-7H,1-2H3,(H,19,20)(H2,14,15,16,18). The minimum atomic E-state index is -1.13. The number of nitrogens with zero attached hydrogens (tertiary/aromatic N) is 2. The van der Waals surface area contributed by atoms with Gasteiger partial charge >= 0.3 is 5.97 Å². The zero-order valence-electron chi connectivity index (χ0n) is 11.0. The number of amides is 1. The van der Waals surface area contributed by atoms with Crippen LogP contribution >= 0.6 is 0 Å². The van der Waals surface area contributed by atoms with E-state index in [0.717, 1.165) is 5.69 Å². The fourth-order valence-electron chi connectivity index (χ4n) is 1.61. The predicted octanol–water partition coefficient (Wildman–Crippen LogP) is 1.43. The van der Waals surface area contributed by atoms with Gasteiger partial charge < -0.3 is 15.3 Å². The number of anilines is 2. The predicted molar refractivity (Wildman–Crippen MR) is 74.3 cm³/mol. The third kappa shape index (κ3) is 2.94. The van der Waals surface area contributed by atoms with Crippen molar-refractivity contribution in [1.82, 2.24) is 10.2 Å². The molecule has 0 radical (unpaired) electrons. The molecule has 1 amide bonds. The number of carbonyl (C=O) groups excluding carboxylic acids is 1. The van der Waals surface area contributed by atoms with Gasteiger partial charge in [-0.1, -0.05) is 6.07 Å². The first-order chi connectivity index (χ1) is 9.47. The molecule has 0 aliphatic carbocycles. The molecular formula is C13H14N4O3. The second-order valence-corrected chi connectivity index (χ2v) is 4.37. The fourth-order valence-corrected chi connectivity index (χ4v) is 1.61. The number of aromatic carboxylic acids is 1. The van der Waals surface area contributed by atoms with Gasteiger partial charge in [0.2, 0.25) is 0 Å². The van der Waals surface area contributed by atoms with Crippen LogP contribution in [0.15, 0.2) is 30.3 Å². The van der Waals surface area contributed by atoms with Gasteiger partial charge in [0.1, 0.15) is 5.69 Å². The van der Waals surface area contributed by atoms with Crippen molar-refractivity contribution in [3.63, 3.8) is 0 Å². The normalized spacial score (nSPS) is 10.1. The third-order valence-corrected chi connectivity index (χ3v) is 2.67. The Morgan fingerprint density at radius 2 is 2.05 bits per heavy atom. The topological polar surface area (TPSA) is 98.3 Å². The van der Waals surface area contributed by atoms with Crippen molar-refractivity contribution in [1.29, 1.82) is 0 Å². The number of carboxylic acids is 1. The van der Waals surface area contributed by atoms with Crippen LogP contribution in [0.5, 0.6) is 0 Å². The zero-order valence-corrected chi connectivity index (χ0v) is 11.0. The summed E-state index contributed by atoms with van der Waals surface area (Å²) in [5.74, 6) is -1.31. The summed E-state index contributed by atoms with van der Waals surface area (Å²) in [6.45, 7) is 0. The number of hydrogen-bond donors (Lipinski definition) is 3. The van der Waals surface area contributed by atoms with Gasteiger partial charge in [-0.25, -0.2) is 4.79 Å². The van der Waals surface area contributed by atoms with E-state index in [4.69, 9.17) is 5.11 Å². The maximum Gasteiger partial charge on any atom is 0.353 e. The summed E-state index contributed by atoms with van der Waals surface area (Å²) >= 11 is 0. The van der Waals surface area contributed by atoms with Crippen LogP contribution in [-0.4, -0.2) is 41.3 Å². The van der Waals surface area contributed by atoms with Gasteiger partial charge in [0.15, 0.2) is 5.82 Å². The molecule has 0 fully saturated rings. The summed E-state index contributed by atoms with van der Waals surface area (Å²) in [5, 5.41) is 17.3. The molecule has 0 saturated carbocycles. The molecule has 2 aromatic rings. The number of benzene rings is 1. The molecular weight excluding hydrogens is 260 g/mol. The van der Waals surface area contributed by atoms with Crippen molar-refractivity contribution in [2.45, 2.75) is 0 Å². The fraction of sp³-hybridized carbons (Fsp3) is 0.154. The summed E-state index contributed by atoms with van der Waals surface area (Å²) in [4.78, 5) is 24.6. The van der Waals surface area contributed by atoms with Gasteiger partial charge in [0, 0.05) is 31.4 Å². The lowest BCUT2D eigenvalue weighted by molar-refractivity contribution is 0.0690. The Hall–Kier alpha value is -2.83. The molecule has 104 valence electrons. The lowest BCUT2D eigenvalue weighted by Crippen LogP contribution is -2.14. The quantitative estimate of drug-likeness (QED) is 0.783. The van der Waals surface area contributed by atoms with E-state index in [1.165, 1.54) is 6.07 Å². The first-order valence-corrected chi connectivity index (χ1v) is 5.85. The average Bonchev–Trinajstić information content (AvgIpc) is 2.87. The Balaban J connectivity index is 2.15. The summed E-state index contributed by atoms with van der Waals surface area (Å²) in [6.07, 6.45) is 0. The van der Waals surface area contributed by atoms with Crippen molar-refractivity contribution in [3.8, 4) is 0 Å². The molecule has 3 N–H and O–H groups in total. The van der Waals surface area contributed by atoms with Crippen molar-refractivity contribution in [2.75, 3.05) is 24.3 Å². The number of aromatic nitrogens is 2. The molecule has 20 heavy (non-hydrogen) atoms. The van der Waals surface area contributed by atoms with E-state index >= 15 is 0 Å². The number of rotatable bonds is 4. The van der Waals surface area contributed by atoms with Gasteiger partial charge in [-0.15, -0.1) is 0 Å². The molecule has 0 bridgehead atoms. The summed E-state index contributed by atoms with van der Waals surface area (Å²) in [5.41, 5.74) is 1.28. The van der Waals surface area contributed by atoms with Crippen LogP contribution in [-0.2, 0) is 0 Å². The molecule has 1 aromatic heterocycles.